The van der Waals surface area contributed by atoms with E-state index in [0.29, 0.717) is 29.1 Å². The van der Waals surface area contributed by atoms with E-state index in [-0.39, 0.29) is 6.61 Å². The van der Waals surface area contributed by atoms with Crippen LogP contribution in [0.3, 0.4) is 0 Å². The van der Waals surface area contributed by atoms with Crippen molar-refractivity contribution in [2.45, 2.75) is 24.9 Å². The van der Waals surface area contributed by atoms with E-state index in [1.807, 2.05) is 24.3 Å². The third-order valence-corrected chi connectivity index (χ3v) is 5.13. The highest BCUT2D eigenvalue weighted by Gasteiger charge is 2.35. The molecule has 30 heavy (non-hydrogen) atoms. The van der Waals surface area contributed by atoms with Gasteiger partial charge >= 0.3 is 0 Å². The molecular weight excluding hydrogens is 390 g/mol. The zero-order valence-corrected chi connectivity index (χ0v) is 16.0. The number of aliphatic hydroxyl groups is 2. The van der Waals surface area contributed by atoms with E-state index in [0.717, 1.165) is 11.3 Å². The van der Waals surface area contributed by atoms with E-state index in [4.69, 9.17) is 9.47 Å². The molecule has 11 nitrogen and oxygen atoms in total. The van der Waals surface area contributed by atoms with E-state index >= 15 is 0 Å². The van der Waals surface area contributed by atoms with Gasteiger partial charge in [-0.2, -0.15) is 4.68 Å². The number of rotatable bonds is 5. The van der Waals surface area contributed by atoms with Crippen LogP contribution in [-0.4, -0.2) is 70.7 Å². The van der Waals surface area contributed by atoms with Gasteiger partial charge in [-0.25, -0.2) is 15.0 Å². The van der Waals surface area contributed by atoms with Gasteiger partial charge in [-0.15, -0.1) is 5.10 Å². The monoisotopic (exact) mass is 409 g/mol. The lowest BCUT2D eigenvalue weighted by Crippen LogP contribution is -2.24. The maximum atomic E-state index is 10.0. The highest BCUT2D eigenvalue weighted by atomic mass is 16.5. The summed E-state index contributed by atoms with van der Waals surface area (Å²) in [5, 5.41) is 27.8. The SMILES string of the molecule is COc1ccc(-c2cn(-c3ncnc4c3ncn4[C@H]3C[C@H](O)[C@@H](CO)O3)nn2)cc1. The van der Waals surface area contributed by atoms with Crippen molar-refractivity contribution < 1.29 is 19.7 Å². The summed E-state index contributed by atoms with van der Waals surface area (Å²) < 4.78 is 14.2. The smallest absolute Gasteiger partial charge is 0.186 e. The van der Waals surface area contributed by atoms with Crippen molar-refractivity contribution in [2.75, 3.05) is 13.7 Å². The number of benzene rings is 1. The van der Waals surface area contributed by atoms with Crippen molar-refractivity contribution in [3.8, 4) is 22.8 Å². The Bertz CT molecular complexity index is 1170. The maximum absolute atomic E-state index is 10.0. The van der Waals surface area contributed by atoms with Crippen molar-refractivity contribution in [1.29, 1.82) is 0 Å². The van der Waals surface area contributed by atoms with Gasteiger partial charge < -0.3 is 19.7 Å². The molecule has 1 aliphatic heterocycles. The van der Waals surface area contributed by atoms with Gasteiger partial charge in [0.2, 0.25) is 0 Å². The highest BCUT2D eigenvalue weighted by molar-refractivity contribution is 5.78. The molecule has 1 fully saturated rings. The van der Waals surface area contributed by atoms with Crippen LogP contribution >= 0.6 is 0 Å². The predicted molar refractivity (Wildman–Crippen MR) is 104 cm³/mol. The first kappa shape index (κ1) is 18.6. The Balaban J connectivity index is 1.49. The third kappa shape index (κ3) is 3.09. The molecule has 4 aromatic rings. The number of imidazole rings is 1. The molecule has 0 unspecified atom stereocenters. The van der Waals surface area contributed by atoms with Gasteiger partial charge in [0.25, 0.3) is 0 Å². The summed E-state index contributed by atoms with van der Waals surface area (Å²) in [5.41, 5.74) is 2.63. The number of hydrogen-bond acceptors (Lipinski definition) is 9. The lowest BCUT2D eigenvalue weighted by Gasteiger charge is -2.13. The minimum Gasteiger partial charge on any atom is -0.497 e. The average molecular weight is 409 g/mol. The predicted octanol–water partition coefficient (Wildman–Crippen LogP) is 0.723. The molecule has 0 bridgehead atoms. The fourth-order valence-corrected chi connectivity index (χ4v) is 3.53. The van der Waals surface area contributed by atoms with Gasteiger partial charge in [0, 0.05) is 12.0 Å². The summed E-state index contributed by atoms with van der Waals surface area (Å²) in [6, 6.07) is 7.51. The van der Waals surface area contributed by atoms with Crippen molar-refractivity contribution in [3.05, 3.63) is 43.1 Å². The fraction of sp³-hybridized carbons (Fsp3) is 0.316. The van der Waals surface area contributed by atoms with Crippen LogP contribution in [0.15, 0.2) is 43.1 Å². The van der Waals surface area contributed by atoms with Gasteiger partial charge in [-0.1, -0.05) is 5.21 Å². The molecule has 5 rings (SSSR count). The zero-order valence-electron chi connectivity index (χ0n) is 16.0. The molecule has 0 radical (unpaired) electrons. The number of aromatic nitrogens is 7. The molecule has 3 atom stereocenters. The van der Waals surface area contributed by atoms with E-state index < -0.39 is 18.4 Å². The Labute approximate surface area is 170 Å². The van der Waals surface area contributed by atoms with Gasteiger partial charge in [-0.3, -0.25) is 4.57 Å². The van der Waals surface area contributed by atoms with Gasteiger partial charge in [0.05, 0.1) is 32.3 Å². The molecule has 4 heterocycles. The van der Waals surface area contributed by atoms with E-state index in [1.54, 1.807) is 28.9 Å². The largest absolute Gasteiger partial charge is 0.497 e. The molecule has 1 aliphatic rings. The second kappa shape index (κ2) is 7.44. The standard InChI is InChI=1S/C19H19N7O4/c1-29-12-4-2-11(3-5-12)13-7-26(24-23-13)19-17-18(20-9-21-19)25(10-22-17)16-6-14(28)15(8-27)30-16/h2-5,7,9-10,14-16,27-28H,6,8H2,1H3/t14-,15+,16+/m0/s1. The van der Waals surface area contributed by atoms with E-state index in [9.17, 15) is 10.2 Å². The first-order valence-corrected chi connectivity index (χ1v) is 9.37. The Morgan fingerprint density at radius 2 is 2.03 bits per heavy atom. The van der Waals surface area contributed by atoms with Gasteiger partial charge in [-0.05, 0) is 24.3 Å². The summed E-state index contributed by atoms with van der Waals surface area (Å²) in [5.74, 6) is 1.24. The minimum absolute atomic E-state index is 0.252. The van der Waals surface area contributed by atoms with Crippen LogP contribution in [0.2, 0.25) is 0 Å². The molecule has 1 aromatic carbocycles. The quantitative estimate of drug-likeness (QED) is 0.489. The molecule has 154 valence electrons. The van der Waals surface area contributed by atoms with Crippen LogP contribution in [-0.2, 0) is 4.74 Å². The van der Waals surface area contributed by atoms with Crippen molar-refractivity contribution >= 4 is 11.2 Å². The second-order valence-electron chi connectivity index (χ2n) is 6.91. The lowest BCUT2D eigenvalue weighted by atomic mass is 10.2. The van der Waals surface area contributed by atoms with E-state index in [1.165, 1.54) is 6.33 Å². The van der Waals surface area contributed by atoms with E-state index in [2.05, 4.69) is 25.3 Å². The number of hydrogen-bond donors (Lipinski definition) is 2. The zero-order chi connectivity index (χ0) is 20.7. The molecule has 2 N–H and O–H groups in total. The summed E-state index contributed by atoms with van der Waals surface area (Å²) in [4.78, 5) is 13.1. The Kier molecular flexibility index (Phi) is 4.62. The van der Waals surface area contributed by atoms with Gasteiger partial charge in [0.1, 0.15) is 30.1 Å². The molecule has 0 amide bonds. The van der Waals surface area contributed by atoms with Crippen LogP contribution in [0, 0.1) is 0 Å². The Morgan fingerprint density at radius 3 is 2.77 bits per heavy atom. The van der Waals surface area contributed by atoms with Crippen LogP contribution in [0.25, 0.3) is 28.2 Å². The summed E-state index contributed by atoms with van der Waals surface area (Å²) >= 11 is 0. The average Bonchev–Trinajstić information content (AvgIpc) is 3.51. The third-order valence-electron chi connectivity index (χ3n) is 5.13. The number of nitrogens with zero attached hydrogens (tertiary/aromatic N) is 7. The molecular formula is C19H19N7O4. The number of aliphatic hydroxyl groups excluding tert-OH is 2. The maximum Gasteiger partial charge on any atom is 0.186 e. The molecule has 3 aromatic heterocycles. The first-order valence-electron chi connectivity index (χ1n) is 9.37. The van der Waals surface area contributed by atoms with Crippen LogP contribution < -0.4 is 4.74 Å². The molecule has 11 heteroatoms. The first-order chi connectivity index (χ1) is 14.7. The summed E-state index contributed by atoms with van der Waals surface area (Å²) in [6.45, 7) is -0.252. The topological polar surface area (TPSA) is 133 Å². The lowest BCUT2D eigenvalue weighted by molar-refractivity contribution is -0.0432. The Hall–Kier alpha value is -3.41. The highest BCUT2D eigenvalue weighted by Crippen LogP contribution is 2.31. The number of fused-ring (bicyclic) bond motifs is 1. The summed E-state index contributed by atoms with van der Waals surface area (Å²) in [6.07, 6.45) is 3.25. The molecule has 0 spiro atoms. The molecule has 0 saturated carbocycles. The van der Waals surface area contributed by atoms with Crippen LogP contribution in [0.5, 0.6) is 5.75 Å². The Morgan fingerprint density at radius 1 is 1.20 bits per heavy atom. The van der Waals surface area contributed by atoms with Crippen LogP contribution in [0.4, 0.5) is 0 Å². The fourth-order valence-electron chi connectivity index (χ4n) is 3.53. The summed E-state index contributed by atoms with van der Waals surface area (Å²) in [7, 11) is 1.62. The second-order valence-corrected chi connectivity index (χ2v) is 6.91. The minimum atomic E-state index is -0.749. The number of ether oxygens (including phenoxy) is 2. The van der Waals surface area contributed by atoms with Gasteiger partial charge in [0.15, 0.2) is 17.0 Å². The van der Waals surface area contributed by atoms with Crippen molar-refractivity contribution in [1.82, 2.24) is 34.5 Å². The molecule has 0 aliphatic carbocycles. The number of methoxy groups -OCH3 is 1. The van der Waals surface area contributed by atoms with Crippen LogP contribution in [0.1, 0.15) is 12.6 Å². The molecule has 1 saturated heterocycles. The van der Waals surface area contributed by atoms with Crippen molar-refractivity contribution in [3.63, 3.8) is 0 Å². The van der Waals surface area contributed by atoms with Crippen molar-refractivity contribution in [2.24, 2.45) is 0 Å². The normalized spacial score (nSPS) is 21.4.